The normalized spacial score (nSPS) is 21.0. The lowest BCUT2D eigenvalue weighted by molar-refractivity contribution is -0.136. The van der Waals surface area contributed by atoms with Crippen LogP contribution in [0, 0.1) is 5.92 Å². The van der Waals surface area contributed by atoms with Crippen molar-refractivity contribution in [3.05, 3.63) is 36.1 Å². The molecule has 8 heteroatoms. The number of fused-ring (bicyclic) bond motifs is 1. The van der Waals surface area contributed by atoms with E-state index in [1.165, 1.54) is 0 Å². The number of nitrogens with zero attached hydrogens (tertiary/aromatic N) is 1. The maximum absolute atomic E-state index is 13.2. The first-order valence-electron chi connectivity index (χ1n) is 10.1. The van der Waals surface area contributed by atoms with E-state index < -0.39 is 18.1 Å². The van der Waals surface area contributed by atoms with Gasteiger partial charge in [0, 0.05) is 25.5 Å². The SMILES string of the molecule is CC(C)CC(NC(=O)c1cc2ccccc2o1)C(=O)N(C)C1CCNNCC1O. The number of aliphatic hydroxyl groups is 1. The van der Waals surface area contributed by atoms with Gasteiger partial charge in [-0.3, -0.25) is 20.4 Å². The number of aliphatic hydroxyl groups excluding tert-OH is 1. The topological polar surface area (TPSA) is 107 Å². The van der Waals surface area contributed by atoms with E-state index in [9.17, 15) is 14.7 Å². The van der Waals surface area contributed by atoms with Crippen LogP contribution in [0.1, 0.15) is 37.2 Å². The van der Waals surface area contributed by atoms with Crippen LogP contribution in [0.25, 0.3) is 11.0 Å². The van der Waals surface area contributed by atoms with Gasteiger partial charge < -0.3 is 19.7 Å². The fourth-order valence-electron chi connectivity index (χ4n) is 3.69. The van der Waals surface area contributed by atoms with E-state index in [2.05, 4.69) is 16.2 Å². The van der Waals surface area contributed by atoms with Crippen LogP contribution < -0.4 is 16.2 Å². The molecule has 1 fully saturated rings. The summed E-state index contributed by atoms with van der Waals surface area (Å²) in [5, 5.41) is 14.0. The number of carbonyl (C=O) groups excluding carboxylic acids is 2. The summed E-state index contributed by atoms with van der Waals surface area (Å²) in [6.45, 7) is 4.99. The number of likely N-dealkylation sites (N-methyl/N-ethyl adjacent to an activating group) is 1. The molecule has 0 radical (unpaired) electrons. The van der Waals surface area contributed by atoms with Crippen LogP contribution >= 0.6 is 0 Å². The number of hydrogen-bond acceptors (Lipinski definition) is 6. The Morgan fingerprint density at radius 3 is 2.79 bits per heavy atom. The van der Waals surface area contributed by atoms with E-state index in [0.717, 1.165) is 5.39 Å². The molecule has 1 aliphatic heterocycles. The van der Waals surface area contributed by atoms with Gasteiger partial charge in [0.05, 0.1) is 12.1 Å². The highest BCUT2D eigenvalue weighted by atomic mass is 16.3. The number of rotatable bonds is 6. The molecule has 0 aliphatic carbocycles. The summed E-state index contributed by atoms with van der Waals surface area (Å²) in [4.78, 5) is 27.5. The number of hydrazine groups is 1. The summed E-state index contributed by atoms with van der Waals surface area (Å²) in [6.07, 6.45) is 0.418. The first-order valence-corrected chi connectivity index (χ1v) is 10.1. The molecule has 8 nitrogen and oxygen atoms in total. The molecule has 2 aromatic rings. The molecular weight excluding hydrogens is 372 g/mol. The lowest BCUT2D eigenvalue weighted by Crippen LogP contribution is -2.54. The van der Waals surface area contributed by atoms with Gasteiger partial charge in [0.25, 0.3) is 5.91 Å². The van der Waals surface area contributed by atoms with Gasteiger partial charge in [-0.05, 0) is 30.9 Å². The minimum Gasteiger partial charge on any atom is -0.451 e. The van der Waals surface area contributed by atoms with Crippen molar-refractivity contribution in [1.29, 1.82) is 0 Å². The highest BCUT2D eigenvalue weighted by Crippen LogP contribution is 2.20. The van der Waals surface area contributed by atoms with Crippen LogP contribution in [-0.2, 0) is 4.79 Å². The van der Waals surface area contributed by atoms with Crippen LogP contribution in [-0.4, -0.2) is 60.1 Å². The van der Waals surface area contributed by atoms with Gasteiger partial charge in [-0.15, -0.1) is 0 Å². The predicted molar refractivity (Wildman–Crippen MR) is 110 cm³/mol. The number of para-hydroxylation sites is 1. The Morgan fingerprint density at radius 1 is 1.31 bits per heavy atom. The Kier molecular flexibility index (Phi) is 6.89. The summed E-state index contributed by atoms with van der Waals surface area (Å²) in [5.74, 6) is -0.249. The molecule has 3 unspecified atom stereocenters. The molecule has 2 amide bonds. The van der Waals surface area contributed by atoms with Crippen molar-refractivity contribution in [3.8, 4) is 0 Å². The zero-order chi connectivity index (χ0) is 21.0. The van der Waals surface area contributed by atoms with E-state index in [1.807, 2.05) is 32.0 Å². The van der Waals surface area contributed by atoms with Crippen molar-refractivity contribution in [1.82, 2.24) is 21.1 Å². The zero-order valence-corrected chi connectivity index (χ0v) is 17.1. The Bertz CT molecular complexity index is 817. The standard InChI is InChI=1S/C21H30N4O4/c1-13(2)10-15(21(28)25(3)16-8-9-22-23-12-17(16)26)24-20(27)19-11-14-6-4-5-7-18(14)29-19/h4-7,11,13,15-17,22-23,26H,8-10,12H2,1-3H3,(H,24,27). The molecule has 1 saturated heterocycles. The lowest BCUT2D eigenvalue weighted by atomic mass is 10.00. The third-order valence-electron chi connectivity index (χ3n) is 5.25. The molecule has 1 aromatic heterocycles. The van der Waals surface area contributed by atoms with E-state index in [-0.39, 0.29) is 23.6 Å². The van der Waals surface area contributed by atoms with Gasteiger partial charge in [0.1, 0.15) is 11.6 Å². The third-order valence-corrected chi connectivity index (χ3v) is 5.25. The second kappa shape index (κ2) is 9.39. The number of β-amino-alcohol motifs (C(OH)–C–C–N with tert-alkyl or cyclic N) is 1. The highest BCUT2D eigenvalue weighted by Gasteiger charge is 2.33. The molecular formula is C21H30N4O4. The van der Waals surface area contributed by atoms with Gasteiger partial charge in [-0.2, -0.15) is 0 Å². The van der Waals surface area contributed by atoms with E-state index in [0.29, 0.717) is 31.5 Å². The molecule has 1 aromatic carbocycles. The van der Waals surface area contributed by atoms with E-state index in [4.69, 9.17) is 4.42 Å². The second-order valence-corrected chi connectivity index (χ2v) is 7.98. The summed E-state index contributed by atoms with van der Waals surface area (Å²) in [6, 6.07) is 8.04. The van der Waals surface area contributed by atoms with Crippen molar-refractivity contribution in [2.75, 3.05) is 20.1 Å². The summed E-state index contributed by atoms with van der Waals surface area (Å²) in [5.41, 5.74) is 6.56. The van der Waals surface area contributed by atoms with Gasteiger partial charge in [0.2, 0.25) is 5.91 Å². The maximum atomic E-state index is 13.2. The number of nitrogens with one attached hydrogen (secondary N) is 3. The Morgan fingerprint density at radius 2 is 2.07 bits per heavy atom. The fraction of sp³-hybridized carbons (Fsp3) is 0.524. The fourth-order valence-corrected chi connectivity index (χ4v) is 3.69. The molecule has 0 spiro atoms. The Labute approximate surface area is 170 Å². The highest BCUT2D eigenvalue weighted by molar-refractivity contribution is 5.98. The first-order chi connectivity index (χ1) is 13.9. The summed E-state index contributed by atoms with van der Waals surface area (Å²) < 4.78 is 5.63. The van der Waals surface area contributed by atoms with Crippen molar-refractivity contribution in [3.63, 3.8) is 0 Å². The molecule has 158 valence electrons. The molecule has 29 heavy (non-hydrogen) atoms. The number of benzene rings is 1. The minimum absolute atomic E-state index is 0.179. The first kappa shape index (κ1) is 21.3. The summed E-state index contributed by atoms with van der Waals surface area (Å²) in [7, 11) is 1.68. The van der Waals surface area contributed by atoms with Gasteiger partial charge in [-0.1, -0.05) is 32.0 Å². The van der Waals surface area contributed by atoms with E-state index >= 15 is 0 Å². The molecule has 2 heterocycles. The van der Waals surface area contributed by atoms with E-state index in [1.54, 1.807) is 24.1 Å². The van der Waals surface area contributed by atoms with Crippen LogP contribution in [0.15, 0.2) is 34.7 Å². The Hall–Kier alpha value is -2.42. The van der Waals surface area contributed by atoms with Gasteiger partial charge >= 0.3 is 0 Å². The number of furan rings is 1. The largest absolute Gasteiger partial charge is 0.451 e. The molecule has 0 bridgehead atoms. The van der Waals surface area contributed by atoms with Crippen molar-refractivity contribution in [2.24, 2.45) is 5.92 Å². The van der Waals surface area contributed by atoms with Crippen LogP contribution in [0.4, 0.5) is 0 Å². The van der Waals surface area contributed by atoms with Gasteiger partial charge in [-0.25, -0.2) is 0 Å². The molecule has 4 N–H and O–H groups in total. The molecule has 3 rings (SSSR count). The van der Waals surface area contributed by atoms with Crippen molar-refractivity contribution >= 4 is 22.8 Å². The van der Waals surface area contributed by atoms with Crippen LogP contribution in [0.2, 0.25) is 0 Å². The summed E-state index contributed by atoms with van der Waals surface area (Å²) >= 11 is 0. The maximum Gasteiger partial charge on any atom is 0.287 e. The average Bonchev–Trinajstić information content (AvgIpc) is 3.01. The van der Waals surface area contributed by atoms with Crippen LogP contribution in [0.5, 0.6) is 0 Å². The number of carbonyl (C=O) groups is 2. The predicted octanol–water partition coefficient (Wildman–Crippen LogP) is 1.26. The van der Waals surface area contributed by atoms with Crippen molar-refractivity contribution < 1.29 is 19.1 Å². The number of hydrogen-bond donors (Lipinski definition) is 4. The average molecular weight is 402 g/mol. The minimum atomic E-state index is -0.697. The third kappa shape index (κ3) is 5.14. The molecule has 3 atom stereocenters. The quantitative estimate of drug-likeness (QED) is 0.580. The molecule has 1 aliphatic rings. The van der Waals surface area contributed by atoms with Crippen molar-refractivity contribution in [2.45, 2.75) is 44.9 Å². The zero-order valence-electron chi connectivity index (χ0n) is 17.1. The van der Waals surface area contributed by atoms with Gasteiger partial charge in [0.15, 0.2) is 5.76 Å². The van der Waals surface area contributed by atoms with Crippen LogP contribution in [0.3, 0.4) is 0 Å². The monoisotopic (exact) mass is 402 g/mol. The smallest absolute Gasteiger partial charge is 0.287 e. The number of amides is 2. The Balaban J connectivity index is 1.75. The molecule has 0 saturated carbocycles. The second-order valence-electron chi connectivity index (χ2n) is 7.98. The lowest BCUT2D eigenvalue weighted by Gasteiger charge is -2.33.